The van der Waals surface area contributed by atoms with E-state index in [0.717, 1.165) is 5.56 Å². The van der Waals surface area contributed by atoms with Crippen molar-refractivity contribution in [3.8, 4) is 5.75 Å². The molecule has 1 atom stereocenters. The molecule has 1 amide bonds. The van der Waals surface area contributed by atoms with Gasteiger partial charge in [0, 0.05) is 17.7 Å². The number of rotatable bonds is 9. The standard InChI is InChI=1S/C25H23NO5/c1-18(25(29)26-16-19-8-4-2-5-9-19)31-23(27)17-30-22-14-12-21(13-15-22)24(28)20-10-6-3-7-11-20/h2-15,18H,16-17H2,1H3,(H,26,29)/t18-/m1/s1. The molecule has 0 unspecified atom stereocenters. The topological polar surface area (TPSA) is 81.7 Å². The zero-order valence-electron chi connectivity index (χ0n) is 17.1. The van der Waals surface area contributed by atoms with Gasteiger partial charge in [0.25, 0.3) is 5.91 Å². The molecule has 0 saturated heterocycles. The first-order valence-electron chi connectivity index (χ1n) is 9.86. The van der Waals surface area contributed by atoms with Gasteiger partial charge in [0.05, 0.1) is 0 Å². The molecule has 3 aromatic rings. The van der Waals surface area contributed by atoms with Crippen molar-refractivity contribution in [1.82, 2.24) is 5.32 Å². The maximum Gasteiger partial charge on any atom is 0.344 e. The Balaban J connectivity index is 1.43. The Morgan fingerprint density at radius 1 is 0.806 bits per heavy atom. The van der Waals surface area contributed by atoms with Crippen molar-refractivity contribution >= 4 is 17.7 Å². The Labute approximate surface area is 180 Å². The monoisotopic (exact) mass is 417 g/mol. The number of esters is 1. The number of hydrogen-bond donors (Lipinski definition) is 1. The van der Waals surface area contributed by atoms with E-state index in [4.69, 9.17) is 9.47 Å². The average molecular weight is 417 g/mol. The summed E-state index contributed by atoms with van der Waals surface area (Å²) in [5.74, 6) is -0.725. The number of amides is 1. The van der Waals surface area contributed by atoms with E-state index in [-0.39, 0.29) is 18.3 Å². The molecule has 6 nitrogen and oxygen atoms in total. The van der Waals surface area contributed by atoms with Gasteiger partial charge in [-0.25, -0.2) is 4.79 Å². The summed E-state index contributed by atoms with van der Waals surface area (Å²) in [5.41, 5.74) is 2.07. The van der Waals surface area contributed by atoms with Crippen molar-refractivity contribution in [3.05, 3.63) is 102 Å². The first-order chi connectivity index (χ1) is 15.0. The summed E-state index contributed by atoms with van der Waals surface area (Å²) in [6.07, 6.45) is -0.939. The summed E-state index contributed by atoms with van der Waals surface area (Å²) < 4.78 is 10.5. The van der Waals surface area contributed by atoms with Crippen LogP contribution in [-0.4, -0.2) is 30.4 Å². The van der Waals surface area contributed by atoms with Gasteiger partial charge in [0.1, 0.15) is 5.75 Å². The summed E-state index contributed by atoms with van der Waals surface area (Å²) in [5, 5.41) is 2.72. The molecule has 0 radical (unpaired) electrons. The van der Waals surface area contributed by atoms with Gasteiger partial charge < -0.3 is 14.8 Å². The molecule has 0 aliphatic heterocycles. The summed E-state index contributed by atoms with van der Waals surface area (Å²) in [6.45, 7) is 1.51. The van der Waals surface area contributed by atoms with Crippen LogP contribution >= 0.6 is 0 Å². The molecule has 0 spiro atoms. The molecule has 0 bridgehead atoms. The fourth-order valence-corrected chi connectivity index (χ4v) is 2.81. The van der Waals surface area contributed by atoms with Crippen LogP contribution in [0.4, 0.5) is 0 Å². The van der Waals surface area contributed by atoms with Crippen molar-refractivity contribution in [2.45, 2.75) is 19.6 Å². The first-order valence-corrected chi connectivity index (χ1v) is 9.86. The summed E-state index contributed by atoms with van der Waals surface area (Å²) in [7, 11) is 0. The molecule has 31 heavy (non-hydrogen) atoms. The van der Waals surface area contributed by atoms with Crippen LogP contribution in [0.15, 0.2) is 84.9 Å². The van der Waals surface area contributed by atoms with E-state index in [0.29, 0.717) is 23.4 Å². The second kappa shape index (κ2) is 10.7. The van der Waals surface area contributed by atoms with Crippen LogP contribution in [0.2, 0.25) is 0 Å². The number of hydrogen-bond acceptors (Lipinski definition) is 5. The second-order valence-electron chi connectivity index (χ2n) is 6.84. The quantitative estimate of drug-likeness (QED) is 0.425. The average Bonchev–Trinajstić information content (AvgIpc) is 2.82. The Bertz CT molecular complexity index is 1020. The zero-order valence-corrected chi connectivity index (χ0v) is 17.1. The lowest BCUT2D eigenvalue weighted by Crippen LogP contribution is -2.36. The highest BCUT2D eigenvalue weighted by Gasteiger charge is 2.18. The second-order valence-corrected chi connectivity index (χ2v) is 6.84. The van der Waals surface area contributed by atoms with E-state index in [2.05, 4.69) is 5.32 Å². The van der Waals surface area contributed by atoms with Crippen molar-refractivity contribution in [1.29, 1.82) is 0 Å². The van der Waals surface area contributed by atoms with E-state index in [1.807, 2.05) is 36.4 Å². The highest BCUT2D eigenvalue weighted by molar-refractivity contribution is 6.09. The van der Waals surface area contributed by atoms with Gasteiger partial charge in [-0.15, -0.1) is 0 Å². The predicted molar refractivity (Wildman–Crippen MR) is 116 cm³/mol. The number of carbonyl (C=O) groups excluding carboxylic acids is 3. The fraction of sp³-hybridized carbons (Fsp3) is 0.160. The van der Waals surface area contributed by atoms with E-state index in [1.54, 1.807) is 48.5 Å². The van der Waals surface area contributed by atoms with Crippen molar-refractivity contribution in [2.75, 3.05) is 6.61 Å². The molecule has 6 heteroatoms. The molecule has 158 valence electrons. The Kier molecular flexibility index (Phi) is 7.54. The Morgan fingerprint density at radius 2 is 1.39 bits per heavy atom. The molecule has 0 fully saturated rings. The highest BCUT2D eigenvalue weighted by atomic mass is 16.6. The third-order valence-electron chi connectivity index (χ3n) is 4.50. The fourth-order valence-electron chi connectivity index (χ4n) is 2.81. The first kappa shape index (κ1) is 21.8. The third kappa shape index (κ3) is 6.54. The Hall–Kier alpha value is -3.93. The number of ketones is 1. The van der Waals surface area contributed by atoms with Gasteiger partial charge in [0.2, 0.25) is 0 Å². The van der Waals surface area contributed by atoms with E-state index in [9.17, 15) is 14.4 Å². The van der Waals surface area contributed by atoms with Crippen molar-refractivity contribution in [2.24, 2.45) is 0 Å². The summed E-state index contributed by atoms with van der Waals surface area (Å²) in [4.78, 5) is 36.5. The molecule has 1 N–H and O–H groups in total. The zero-order chi connectivity index (χ0) is 22.1. The van der Waals surface area contributed by atoms with Crippen LogP contribution in [0, 0.1) is 0 Å². The molecule has 0 heterocycles. The van der Waals surface area contributed by atoms with Crippen LogP contribution in [-0.2, 0) is 20.9 Å². The van der Waals surface area contributed by atoms with Crippen LogP contribution in [0.25, 0.3) is 0 Å². The molecule has 0 saturated carbocycles. The molecule has 3 rings (SSSR count). The molecule has 0 aliphatic carbocycles. The molecular weight excluding hydrogens is 394 g/mol. The van der Waals surface area contributed by atoms with Gasteiger partial charge >= 0.3 is 5.97 Å². The van der Waals surface area contributed by atoms with Crippen molar-refractivity contribution < 1.29 is 23.9 Å². The maximum atomic E-state index is 12.4. The lowest BCUT2D eigenvalue weighted by Gasteiger charge is -2.14. The van der Waals surface area contributed by atoms with E-state index >= 15 is 0 Å². The van der Waals surface area contributed by atoms with Gasteiger partial charge in [-0.1, -0.05) is 60.7 Å². The van der Waals surface area contributed by atoms with Crippen LogP contribution in [0.1, 0.15) is 28.4 Å². The highest BCUT2D eigenvalue weighted by Crippen LogP contribution is 2.15. The van der Waals surface area contributed by atoms with Gasteiger partial charge in [0.15, 0.2) is 18.5 Å². The van der Waals surface area contributed by atoms with Gasteiger partial charge in [-0.2, -0.15) is 0 Å². The summed E-state index contributed by atoms with van der Waals surface area (Å²) >= 11 is 0. The smallest absolute Gasteiger partial charge is 0.344 e. The van der Waals surface area contributed by atoms with E-state index < -0.39 is 12.1 Å². The number of carbonyl (C=O) groups is 3. The Morgan fingerprint density at radius 3 is 2.03 bits per heavy atom. The minimum Gasteiger partial charge on any atom is -0.482 e. The largest absolute Gasteiger partial charge is 0.482 e. The van der Waals surface area contributed by atoms with Crippen LogP contribution in [0.3, 0.4) is 0 Å². The SMILES string of the molecule is C[C@@H](OC(=O)COc1ccc(C(=O)c2ccccc2)cc1)C(=O)NCc1ccccc1. The maximum absolute atomic E-state index is 12.4. The summed E-state index contributed by atoms with van der Waals surface area (Å²) in [6, 6.07) is 24.9. The molecule has 3 aromatic carbocycles. The minimum atomic E-state index is -0.939. The van der Waals surface area contributed by atoms with Crippen LogP contribution < -0.4 is 10.1 Å². The number of nitrogens with one attached hydrogen (secondary N) is 1. The lowest BCUT2D eigenvalue weighted by molar-refractivity contribution is -0.156. The molecule has 0 aromatic heterocycles. The molecule has 0 aliphatic rings. The normalized spacial score (nSPS) is 11.3. The van der Waals surface area contributed by atoms with Gasteiger partial charge in [-0.05, 0) is 36.8 Å². The number of ether oxygens (including phenoxy) is 2. The minimum absolute atomic E-state index is 0.0955. The van der Waals surface area contributed by atoms with Gasteiger partial charge in [-0.3, -0.25) is 9.59 Å². The molecular formula is C25H23NO5. The van der Waals surface area contributed by atoms with Crippen LogP contribution in [0.5, 0.6) is 5.75 Å². The lowest BCUT2D eigenvalue weighted by atomic mass is 10.0. The number of benzene rings is 3. The van der Waals surface area contributed by atoms with E-state index in [1.165, 1.54) is 6.92 Å². The van der Waals surface area contributed by atoms with Crippen molar-refractivity contribution in [3.63, 3.8) is 0 Å². The predicted octanol–water partition coefficient (Wildman–Crippen LogP) is 3.54. The third-order valence-corrected chi connectivity index (χ3v) is 4.50.